The Morgan fingerprint density at radius 2 is 2.40 bits per heavy atom. The molecule has 0 aliphatic heterocycles. The van der Waals surface area contributed by atoms with E-state index in [-0.39, 0.29) is 0 Å². The van der Waals surface area contributed by atoms with Gasteiger partial charge in [0.2, 0.25) is 0 Å². The van der Waals surface area contributed by atoms with Crippen molar-refractivity contribution in [2.75, 3.05) is 11.9 Å². The van der Waals surface area contributed by atoms with Crippen molar-refractivity contribution in [3.05, 3.63) is 40.5 Å². The Morgan fingerprint density at radius 3 is 3.13 bits per heavy atom. The van der Waals surface area contributed by atoms with Crippen LogP contribution in [-0.4, -0.2) is 16.5 Å². The highest BCUT2D eigenvalue weighted by atomic mass is 32.1. The monoisotopic (exact) mass is 219 g/mol. The zero-order chi connectivity index (χ0) is 10.5. The van der Waals surface area contributed by atoms with Gasteiger partial charge < -0.3 is 5.32 Å². The van der Waals surface area contributed by atoms with E-state index in [1.165, 1.54) is 4.88 Å². The molecule has 0 fully saturated rings. The molecule has 3 nitrogen and oxygen atoms in total. The fourth-order valence-corrected chi connectivity index (χ4v) is 2.14. The lowest BCUT2D eigenvalue weighted by molar-refractivity contribution is 1.05. The third-order valence-corrected chi connectivity index (χ3v) is 2.95. The van der Waals surface area contributed by atoms with E-state index in [0.29, 0.717) is 0 Å². The quantitative estimate of drug-likeness (QED) is 0.858. The summed E-state index contributed by atoms with van der Waals surface area (Å²) in [6.07, 6.45) is 4.36. The Hall–Kier alpha value is -1.42. The molecule has 2 aromatic rings. The number of anilines is 1. The normalized spacial score (nSPS) is 10.2. The molecule has 0 atom stereocenters. The van der Waals surface area contributed by atoms with Crippen LogP contribution in [0.4, 0.5) is 5.82 Å². The summed E-state index contributed by atoms with van der Waals surface area (Å²) < 4.78 is 0. The first kappa shape index (κ1) is 10.1. The SMILES string of the molecule is CCNc1ncncc1Cc1cccs1. The van der Waals surface area contributed by atoms with Crippen LogP contribution in [0.2, 0.25) is 0 Å². The Morgan fingerprint density at radius 1 is 1.47 bits per heavy atom. The van der Waals surface area contributed by atoms with Crippen molar-refractivity contribution in [1.82, 2.24) is 9.97 Å². The lowest BCUT2D eigenvalue weighted by Gasteiger charge is -2.07. The number of rotatable bonds is 4. The van der Waals surface area contributed by atoms with Gasteiger partial charge in [-0.1, -0.05) is 6.07 Å². The van der Waals surface area contributed by atoms with Gasteiger partial charge >= 0.3 is 0 Å². The van der Waals surface area contributed by atoms with Gasteiger partial charge in [0, 0.05) is 29.6 Å². The molecule has 4 heteroatoms. The maximum absolute atomic E-state index is 4.23. The first-order chi connectivity index (χ1) is 7.40. The maximum Gasteiger partial charge on any atom is 0.132 e. The van der Waals surface area contributed by atoms with E-state index in [2.05, 4.69) is 39.7 Å². The van der Waals surface area contributed by atoms with E-state index in [1.54, 1.807) is 17.7 Å². The van der Waals surface area contributed by atoms with Gasteiger partial charge in [0.15, 0.2) is 0 Å². The molecule has 2 aromatic heterocycles. The Bertz CT molecular complexity index is 412. The Balaban J connectivity index is 2.20. The largest absolute Gasteiger partial charge is 0.370 e. The van der Waals surface area contributed by atoms with Gasteiger partial charge in [0.05, 0.1) is 0 Å². The summed E-state index contributed by atoms with van der Waals surface area (Å²) >= 11 is 1.76. The fraction of sp³-hybridized carbons (Fsp3) is 0.273. The third-order valence-electron chi connectivity index (χ3n) is 2.08. The molecule has 0 saturated heterocycles. The van der Waals surface area contributed by atoms with Gasteiger partial charge in [-0.2, -0.15) is 0 Å². The zero-order valence-electron chi connectivity index (χ0n) is 8.60. The smallest absolute Gasteiger partial charge is 0.132 e. The van der Waals surface area contributed by atoms with Crippen LogP contribution >= 0.6 is 11.3 Å². The van der Waals surface area contributed by atoms with E-state index >= 15 is 0 Å². The van der Waals surface area contributed by atoms with Crippen molar-refractivity contribution in [3.8, 4) is 0 Å². The lowest BCUT2D eigenvalue weighted by atomic mass is 10.2. The first-order valence-corrected chi connectivity index (χ1v) is 5.83. The van der Waals surface area contributed by atoms with Crippen LogP contribution in [-0.2, 0) is 6.42 Å². The van der Waals surface area contributed by atoms with E-state index in [4.69, 9.17) is 0 Å². The second-order valence-corrected chi connectivity index (χ2v) is 4.22. The third kappa shape index (κ3) is 2.53. The van der Waals surface area contributed by atoms with Crippen molar-refractivity contribution in [2.24, 2.45) is 0 Å². The Labute approximate surface area is 93.2 Å². The minimum atomic E-state index is 0.883. The van der Waals surface area contributed by atoms with Crippen LogP contribution in [0.3, 0.4) is 0 Å². The minimum Gasteiger partial charge on any atom is -0.370 e. The number of hydrogen-bond donors (Lipinski definition) is 1. The summed E-state index contributed by atoms with van der Waals surface area (Å²) in [6.45, 7) is 2.95. The van der Waals surface area contributed by atoms with Crippen molar-refractivity contribution < 1.29 is 0 Å². The van der Waals surface area contributed by atoms with Crippen molar-refractivity contribution in [3.63, 3.8) is 0 Å². The number of aromatic nitrogens is 2. The highest BCUT2D eigenvalue weighted by Crippen LogP contribution is 2.18. The second kappa shape index (κ2) is 4.89. The summed E-state index contributed by atoms with van der Waals surface area (Å²) in [5, 5.41) is 5.33. The van der Waals surface area contributed by atoms with Crippen LogP contribution in [0.15, 0.2) is 30.0 Å². The fourth-order valence-electron chi connectivity index (χ4n) is 1.42. The average molecular weight is 219 g/mol. The molecular weight excluding hydrogens is 206 g/mol. The van der Waals surface area contributed by atoms with Gasteiger partial charge in [-0.15, -0.1) is 11.3 Å². The van der Waals surface area contributed by atoms with Gasteiger partial charge in [-0.25, -0.2) is 9.97 Å². The average Bonchev–Trinajstić information content (AvgIpc) is 2.74. The van der Waals surface area contributed by atoms with E-state index in [0.717, 1.165) is 24.3 Å². The van der Waals surface area contributed by atoms with Crippen molar-refractivity contribution in [1.29, 1.82) is 0 Å². The molecule has 0 aliphatic rings. The lowest BCUT2D eigenvalue weighted by Crippen LogP contribution is -2.03. The van der Waals surface area contributed by atoms with Gasteiger partial charge in [-0.3, -0.25) is 0 Å². The molecule has 0 bridgehead atoms. The molecule has 0 radical (unpaired) electrons. The van der Waals surface area contributed by atoms with Crippen LogP contribution in [0.5, 0.6) is 0 Å². The molecule has 0 amide bonds. The predicted molar refractivity (Wildman–Crippen MR) is 63.3 cm³/mol. The van der Waals surface area contributed by atoms with Gasteiger partial charge in [0.1, 0.15) is 12.1 Å². The molecule has 0 unspecified atom stereocenters. The van der Waals surface area contributed by atoms with E-state index in [1.807, 2.05) is 6.20 Å². The van der Waals surface area contributed by atoms with Crippen LogP contribution < -0.4 is 5.32 Å². The summed E-state index contributed by atoms with van der Waals surface area (Å²) in [4.78, 5) is 9.63. The number of nitrogens with zero attached hydrogens (tertiary/aromatic N) is 2. The maximum atomic E-state index is 4.23. The molecule has 15 heavy (non-hydrogen) atoms. The van der Waals surface area contributed by atoms with Gasteiger partial charge in [0.25, 0.3) is 0 Å². The molecule has 78 valence electrons. The number of hydrogen-bond acceptors (Lipinski definition) is 4. The number of nitrogens with one attached hydrogen (secondary N) is 1. The van der Waals surface area contributed by atoms with Crippen LogP contribution in [0, 0.1) is 0 Å². The van der Waals surface area contributed by atoms with Crippen LogP contribution in [0.1, 0.15) is 17.4 Å². The first-order valence-electron chi connectivity index (χ1n) is 4.95. The molecule has 0 saturated carbocycles. The van der Waals surface area contributed by atoms with Gasteiger partial charge in [-0.05, 0) is 18.4 Å². The standard InChI is InChI=1S/C11H13N3S/c1-2-13-11-9(7-12-8-14-11)6-10-4-3-5-15-10/h3-5,7-8H,2,6H2,1H3,(H,12,13,14). The molecule has 2 heterocycles. The molecule has 0 aromatic carbocycles. The highest BCUT2D eigenvalue weighted by Gasteiger charge is 2.04. The second-order valence-electron chi connectivity index (χ2n) is 3.18. The molecule has 2 rings (SSSR count). The van der Waals surface area contributed by atoms with E-state index < -0.39 is 0 Å². The van der Waals surface area contributed by atoms with Crippen molar-refractivity contribution in [2.45, 2.75) is 13.3 Å². The van der Waals surface area contributed by atoms with Crippen molar-refractivity contribution >= 4 is 17.2 Å². The molecule has 0 spiro atoms. The molecular formula is C11H13N3S. The zero-order valence-corrected chi connectivity index (χ0v) is 9.42. The molecule has 0 aliphatic carbocycles. The topological polar surface area (TPSA) is 37.8 Å². The summed E-state index contributed by atoms with van der Waals surface area (Å²) in [5.41, 5.74) is 1.15. The van der Waals surface area contributed by atoms with E-state index in [9.17, 15) is 0 Å². The summed E-state index contributed by atoms with van der Waals surface area (Å²) in [6, 6.07) is 4.20. The minimum absolute atomic E-state index is 0.883. The predicted octanol–water partition coefficient (Wildman–Crippen LogP) is 2.56. The summed E-state index contributed by atoms with van der Waals surface area (Å²) in [7, 11) is 0. The molecule has 1 N–H and O–H groups in total. The van der Waals surface area contributed by atoms with Crippen LogP contribution in [0.25, 0.3) is 0 Å². The Kier molecular flexibility index (Phi) is 3.29. The summed E-state index contributed by atoms with van der Waals surface area (Å²) in [5.74, 6) is 0.945. The number of thiophene rings is 1. The highest BCUT2D eigenvalue weighted by molar-refractivity contribution is 7.09.